The third-order valence-corrected chi connectivity index (χ3v) is 3.21. The van der Waals surface area contributed by atoms with Crippen molar-refractivity contribution in [2.75, 3.05) is 0 Å². The number of aryl methyl sites for hydroxylation is 2. The van der Waals surface area contributed by atoms with E-state index in [0.29, 0.717) is 16.5 Å². The summed E-state index contributed by atoms with van der Waals surface area (Å²) in [5.74, 6) is -0.343. The molecule has 0 spiro atoms. The molecule has 4 nitrogen and oxygen atoms in total. The molecule has 0 unspecified atom stereocenters. The van der Waals surface area contributed by atoms with E-state index in [2.05, 4.69) is 0 Å². The van der Waals surface area contributed by atoms with Crippen LogP contribution in [0.1, 0.15) is 21.5 Å². The lowest BCUT2D eigenvalue weighted by Gasteiger charge is -2.02. The largest absolute Gasteiger partial charge is 0.366 e. The fraction of sp³-hybridized carbons (Fsp3) is 0.125. The second-order valence-electron chi connectivity index (χ2n) is 4.87. The van der Waals surface area contributed by atoms with Crippen LogP contribution in [-0.4, -0.2) is 10.6 Å². The molecule has 0 aliphatic heterocycles. The molecule has 0 amide bonds. The summed E-state index contributed by atoms with van der Waals surface area (Å²) in [5.41, 5.74) is 2.42. The third-order valence-electron chi connectivity index (χ3n) is 3.21. The predicted octanol–water partition coefficient (Wildman–Crippen LogP) is 2.90. The third kappa shape index (κ3) is 1.95. The molecular formula is C16H13NO3. The normalized spacial score (nSPS) is 10.9. The molecule has 100 valence electrons. The van der Waals surface area contributed by atoms with Gasteiger partial charge in [0.1, 0.15) is 0 Å². The van der Waals surface area contributed by atoms with Crippen molar-refractivity contribution in [3.05, 3.63) is 69.6 Å². The predicted molar refractivity (Wildman–Crippen MR) is 76.1 cm³/mol. The van der Waals surface area contributed by atoms with Crippen molar-refractivity contribution in [2.45, 2.75) is 13.8 Å². The number of carbonyl (C=O) groups excluding carboxylic acids is 1. The Kier molecular flexibility index (Phi) is 2.79. The molecular weight excluding hydrogens is 254 g/mol. The maximum atomic E-state index is 12.4. The number of benzene rings is 2. The molecule has 0 N–H and O–H groups in total. The lowest BCUT2D eigenvalue weighted by molar-refractivity contribution is 0.0850. The van der Waals surface area contributed by atoms with E-state index in [0.717, 1.165) is 15.9 Å². The minimum atomic E-state index is -0.496. The van der Waals surface area contributed by atoms with Gasteiger partial charge in [-0.15, -0.1) is 4.74 Å². The van der Waals surface area contributed by atoms with Crippen LogP contribution in [-0.2, 0) is 0 Å². The van der Waals surface area contributed by atoms with E-state index in [1.807, 2.05) is 26.0 Å². The van der Waals surface area contributed by atoms with Gasteiger partial charge in [-0.2, -0.15) is 0 Å². The summed E-state index contributed by atoms with van der Waals surface area (Å²) in [6.07, 6.45) is 0. The Morgan fingerprint density at radius 1 is 1.05 bits per heavy atom. The van der Waals surface area contributed by atoms with Gasteiger partial charge in [0.15, 0.2) is 0 Å². The van der Waals surface area contributed by atoms with Gasteiger partial charge >= 0.3 is 5.63 Å². The lowest BCUT2D eigenvalue weighted by Crippen LogP contribution is -2.11. The van der Waals surface area contributed by atoms with Crippen LogP contribution in [0.25, 0.3) is 10.9 Å². The number of fused-ring (bicyclic) bond motifs is 1. The highest BCUT2D eigenvalue weighted by Crippen LogP contribution is 2.15. The van der Waals surface area contributed by atoms with Crippen molar-refractivity contribution >= 4 is 16.8 Å². The van der Waals surface area contributed by atoms with Crippen molar-refractivity contribution < 1.29 is 9.32 Å². The monoisotopic (exact) mass is 267 g/mol. The molecule has 1 aromatic heterocycles. The van der Waals surface area contributed by atoms with Crippen molar-refractivity contribution in [1.29, 1.82) is 0 Å². The summed E-state index contributed by atoms with van der Waals surface area (Å²) in [5, 5.41) is 0.422. The highest BCUT2D eigenvalue weighted by Gasteiger charge is 2.16. The second kappa shape index (κ2) is 4.49. The molecule has 0 saturated heterocycles. The number of rotatable bonds is 1. The Morgan fingerprint density at radius 2 is 1.80 bits per heavy atom. The van der Waals surface area contributed by atoms with Crippen LogP contribution >= 0.6 is 0 Å². The van der Waals surface area contributed by atoms with E-state index in [1.54, 1.807) is 30.3 Å². The van der Waals surface area contributed by atoms with Gasteiger partial charge in [-0.1, -0.05) is 29.3 Å². The van der Waals surface area contributed by atoms with E-state index in [1.165, 1.54) is 0 Å². The fourth-order valence-electron chi connectivity index (χ4n) is 2.22. The van der Waals surface area contributed by atoms with E-state index < -0.39 is 5.63 Å². The Morgan fingerprint density at radius 3 is 2.55 bits per heavy atom. The maximum absolute atomic E-state index is 12.4. The smallest absolute Gasteiger partial charge is 0.327 e. The molecule has 1 heterocycles. The van der Waals surface area contributed by atoms with Gasteiger partial charge < -0.3 is 4.52 Å². The summed E-state index contributed by atoms with van der Waals surface area (Å²) in [6, 6.07) is 12.5. The van der Waals surface area contributed by atoms with Crippen molar-refractivity contribution in [1.82, 2.24) is 4.74 Å². The molecule has 0 aliphatic carbocycles. The highest BCUT2D eigenvalue weighted by atomic mass is 16.5. The zero-order chi connectivity index (χ0) is 14.3. The van der Waals surface area contributed by atoms with Gasteiger partial charge in [-0.3, -0.25) is 4.79 Å². The summed E-state index contributed by atoms with van der Waals surface area (Å²) in [7, 11) is 0. The van der Waals surface area contributed by atoms with Gasteiger partial charge in [0, 0.05) is 5.56 Å². The van der Waals surface area contributed by atoms with Crippen molar-refractivity contribution in [3.63, 3.8) is 0 Å². The first-order valence-electron chi connectivity index (χ1n) is 6.30. The summed E-state index contributed by atoms with van der Waals surface area (Å²) in [4.78, 5) is 24.3. The van der Waals surface area contributed by atoms with Gasteiger partial charge in [-0.05, 0) is 38.1 Å². The number of hydrogen-bond acceptors (Lipinski definition) is 3. The van der Waals surface area contributed by atoms with Crippen LogP contribution in [0, 0.1) is 13.8 Å². The van der Waals surface area contributed by atoms with Crippen LogP contribution in [0.15, 0.2) is 51.8 Å². The number of carbonyl (C=O) groups is 1. The molecule has 20 heavy (non-hydrogen) atoms. The van der Waals surface area contributed by atoms with E-state index >= 15 is 0 Å². The van der Waals surface area contributed by atoms with Crippen LogP contribution in [0.2, 0.25) is 0 Å². The highest BCUT2D eigenvalue weighted by molar-refractivity contribution is 6.00. The molecule has 0 radical (unpaired) electrons. The average molecular weight is 267 g/mol. The standard InChI is InChI=1S/C16H13NO3/c1-10-4-3-5-12(8-10)15(18)17-14-7-6-11(2)9-13(14)16(19)20-17/h3-9H,1-2H3. The Balaban J connectivity index is 2.20. The molecule has 0 saturated carbocycles. The van der Waals surface area contributed by atoms with Crippen molar-refractivity contribution in [2.24, 2.45) is 0 Å². The van der Waals surface area contributed by atoms with Crippen molar-refractivity contribution in [3.8, 4) is 0 Å². The van der Waals surface area contributed by atoms with Crippen LogP contribution in [0.5, 0.6) is 0 Å². The summed E-state index contributed by atoms with van der Waals surface area (Å²) < 4.78 is 6.15. The number of nitrogens with zero attached hydrogens (tertiary/aromatic N) is 1. The Bertz CT molecular complexity index is 871. The fourth-order valence-corrected chi connectivity index (χ4v) is 2.22. The summed E-state index contributed by atoms with van der Waals surface area (Å²) >= 11 is 0. The lowest BCUT2D eigenvalue weighted by atomic mass is 10.1. The SMILES string of the molecule is Cc1cccc(C(=O)n2oc(=O)c3cc(C)ccc32)c1. The molecule has 0 fully saturated rings. The molecule has 3 aromatic rings. The molecule has 2 aromatic carbocycles. The summed E-state index contributed by atoms with van der Waals surface area (Å²) in [6.45, 7) is 3.79. The Hall–Kier alpha value is -2.62. The van der Waals surface area contributed by atoms with E-state index in [-0.39, 0.29) is 5.91 Å². The minimum Gasteiger partial charge on any atom is -0.327 e. The topological polar surface area (TPSA) is 52.2 Å². The van der Waals surface area contributed by atoms with Crippen LogP contribution in [0.3, 0.4) is 0 Å². The van der Waals surface area contributed by atoms with E-state index in [4.69, 9.17) is 4.52 Å². The quantitative estimate of drug-likeness (QED) is 0.681. The first-order valence-corrected chi connectivity index (χ1v) is 6.30. The van der Waals surface area contributed by atoms with Crippen LogP contribution in [0.4, 0.5) is 0 Å². The second-order valence-corrected chi connectivity index (χ2v) is 4.87. The zero-order valence-corrected chi connectivity index (χ0v) is 11.2. The van der Waals surface area contributed by atoms with Gasteiger partial charge in [0.2, 0.25) is 0 Å². The maximum Gasteiger partial charge on any atom is 0.366 e. The first kappa shape index (κ1) is 12.4. The zero-order valence-electron chi connectivity index (χ0n) is 11.2. The number of hydrogen-bond donors (Lipinski definition) is 0. The molecule has 4 heteroatoms. The van der Waals surface area contributed by atoms with E-state index in [9.17, 15) is 9.59 Å². The van der Waals surface area contributed by atoms with Gasteiger partial charge in [0.05, 0.1) is 10.9 Å². The molecule has 0 aliphatic rings. The van der Waals surface area contributed by atoms with Crippen LogP contribution < -0.4 is 5.63 Å². The molecule has 0 bridgehead atoms. The van der Waals surface area contributed by atoms with Gasteiger partial charge in [0.25, 0.3) is 5.91 Å². The first-order chi connectivity index (χ1) is 9.56. The molecule has 3 rings (SSSR count). The average Bonchev–Trinajstić information content (AvgIpc) is 2.75. The Labute approximate surface area is 115 Å². The van der Waals surface area contributed by atoms with Gasteiger partial charge in [-0.25, -0.2) is 4.79 Å². The molecule has 0 atom stereocenters. The number of aromatic nitrogens is 1. The minimum absolute atomic E-state index is 0.343.